The Balaban J connectivity index is 1.49. The van der Waals surface area contributed by atoms with Crippen molar-refractivity contribution in [3.63, 3.8) is 0 Å². The SMILES string of the molecule is C[C@H](NC(=O)[C@H](Cc1ccccc1)NC(=O)c1ccccc1)c1ccc2c(c1)OCCO2. The van der Waals surface area contributed by atoms with E-state index in [1.54, 1.807) is 24.3 Å². The number of carbonyl (C=O) groups is 2. The summed E-state index contributed by atoms with van der Waals surface area (Å²) in [5, 5.41) is 5.92. The molecule has 164 valence electrons. The van der Waals surface area contributed by atoms with Gasteiger partial charge in [0.05, 0.1) is 6.04 Å². The Hall–Kier alpha value is -3.80. The minimum absolute atomic E-state index is 0.250. The predicted octanol–water partition coefficient (Wildman–Crippen LogP) is 3.68. The number of amides is 2. The van der Waals surface area contributed by atoms with Gasteiger partial charge >= 0.3 is 0 Å². The van der Waals surface area contributed by atoms with Crippen molar-refractivity contribution in [2.75, 3.05) is 13.2 Å². The molecule has 3 aromatic rings. The van der Waals surface area contributed by atoms with Gasteiger partial charge in [-0.1, -0.05) is 54.6 Å². The summed E-state index contributed by atoms with van der Waals surface area (Å²) in [5.41, 5.74) is 2.38. The lowest BCUT2D eigenvalue weighted by atomic mass is 10.0. The zero-order chi connectivity index (χ0) is 22.3. The zero-order valence-electron chi connectivity index (χ0n) is 17.9. The van der Waals surface area contributed by atoms with E-state index in [9.17, 15) is 9.59 Å². The number of ether oxygens (including phenoxy) is 2. The van der Waals surface area contributed by atoms with Crippen LogP contribution in [-0.4, -0.2) is 31.1 Å². The summed E-state index contributed by atoms with van der Waals surface area (Å²) < 4.78 is 11.2. The van der Waals surface area contributed by atoms with Crippen molar-refractivity contribution < 1.29 is 19.1 Å². The lowest BCUT2D eigenvalue weighted by Crippen LogP contribution is -2.48. The highest BCUT2D eigenvalue weighted by Gasteiger charge is 2.24. The molecule has 0 aromatic heterocycles. The molecule has 1 aliphatic heterocycles. The van der Waals surface area contributed by atoms with Gasteiger partial charge < -0.3 is 20.1 Å². The van der Waals surface area contributed by atoms with E-state index in [-0.39, 0.29) is 17.9 Å². The van der Waals surface area contributed by atoms with Crippen LogP contribution in [0.15, 0.2) is 78.9 Å². The van der Waals surface area contributed by atoms with Gasteiger partial charge in [0.15, 0.2) is 11.5 Å². The molecule has 0 spiro atoms. The van der Waals surface area contributed by atoms with Crippen molar-refractivity contribution in [1.82, 2.24) is 10.6 Å². The van der Waals surface area contributed by atoms with E-state index >= 15 is 0 Å². The maximum atomic E-state index is 13.2. The van der Waals surface area contributed by atoms with Crippen molar-refractivity contribution in [2.24, 2.45) is 0 Å². The van der Waals surface area contributed by atoms with E-state index < -0.39 is 6.04 Å². The van der Waals surface area contributed by atoms with Crippen LogP contribution in [0.4, 0.5) is 0 Å². The van der Waals surface area contributed by atoms with Gasteiger partial charge in [-0.3, -0.25) is 9.59 Å². The molecule has 0 unspecified atom stereocenters. The smallest absolute Gasteiger partial charge is 0.251 e. The molecular weight excluding hydrogens is 404 g/mol. The second-order valence-corrected chi connectivity index (χ2v) is 7.72. The highest BCUT2D eigenvalue weighted by molar-refractivity contribution is 5.97. The van der Waals surface area contributed by atoms with E-state index in [2.05, 4.69) is 10.6 Å². The third kappa shape index (κ3) is 5.27. The summed E-state index contributed by atoms with van der Waals surface area (Å²) in [6.07, 6.45) is 0.388. The summed E-state index contributed by atoms with van der Waals surface area (Å²) in [4.78, 5) is 25.9. The molecule has 0 fully saturated rings. The Kier molecular flexibility index (Phi) is 6.70. The summed E-state index contributed by atoms with van der Waals surface area (Å²) in [6.45, 7) is 2.94. The summed E-state index contributed by atoms with van der Waals surface area (Å²) >= 11 is 0. The molecule has 1 aliphatic rings. The lowest BCUT2D eigenvalue weighted by Gasteiger charge is -2.23. The molecule has 0 saturated heterocycles. The maximum absolute atomic E-state index is 13.2. The van der Waals surface area contributed by atoms with Gasteiger partial charge in [0, 0.05) is 12.0 Å². The zero-order valence-corrected chi connectivity index (χ0v) is 17.9. The van der Waals surface area contributed by atoms with Crippen molar-refractivity contribution in [3.8, 4) is 11.5 Å². The molecule has 2 amide bonds. The van der Waals surface area contributed by atoms with E-state index in [1.807, 2.05) is 61.5 Å². The Morgan fingerprint density at radius 1 is 0.844 bits per heavy atom. The molecule has 0 saturated carbocycles. The predicted molar refractivity (Wildman–Crippen MR) is 122 cm³/mol. The Bertz CT molecular complexity index is 1070. The largest absolute Gasteiger partial charge is 0.486 e. The van der Waals surface area contributed by atoms with Crippen LogP contribution in [0, 0.1) is 0 Å². The van der Waals surface area contributed by atoms with Gasteiger partial charge in [-0.15, -0.1) is 0 Å². The van der Waals surface area contributed by atoms with Gasteiger partial charge in [0.25, 0.3) is 5.91 Å². The van der Waals surface area contributed by atoms with Crippen LogP contribution in [-0.2, 0) is 11.2 Å². The molecular formula is C26H26N2O4. The van der Waals surface area contributed by atoms with E-state index in [1.165, 1.54) is 0 Å². The van der Waals surface area contributed by atoms with Gasteiger partial charge in [-0.25, -0.2) is 0 Å². The van der Waals surface area contributed by atoms with Crippen molar-refractivity contribution >= 4 is 11.8 Å². The molecule has 0 bridgehead atoms. The van der Waals surface area contributed by atoms with Gasteiger partial charge in [-0.05, 0) is 42.3 Å². The Morgan fingerprint density at radius 2 is 1.50 bits per heavy atom. The van der Waals surface area contributed by atoms with Gasteiger partial charge in [0.1, 0.15) is 19.3 Å². The third-order valence-electron chi connectivity index (χ3n) is 5.37. The van der Waals surface area contributed by atoms with Crippen molar-refractivity contribution in [3.05, 3.63) is 95.6 Å². The molecule has 2 N–H and O–H groups in total. The molecule has 3 aromatic carbocycles. The van der Waals surface area contributed by atoms with Crippen LogP contribution in [0.5, 0.6) is 11.5 Å². The first-order chi connectivity index (χ1) is 15.6. The van der Waals surface area contributed by atoms with E-state index in [0.717, 1.165) is 11.1 Å². The van der Waals surface area contributed by atoms with Crippen LogP contribution in [0.1, 0.15) is 34.5 Å². The van der Waals surface area contributed by atoms with E-state index in [0.29, 0.717) is 36.7 Å². The fourth-order valence-corrected chi connectivity index (χ4v) is 3.62. The number of benzene rings is 3. The Morgan fingerprint density at radius 3 is 2.22 bits per heavy atom. The third-order valence-corrected chi connectivity index (χ3v) is 5.37. The van der Waals surface area contributed by atoms with Crippen LogP contribution in [0.3, 0.4) is 0 Å². The standard InChI is InChI=1S/C26H26N2O4/c1-18(21-12-13-23-24(17-21)32-15-14-31-23)27-26(30)22(16-19-8-4-2-5-9-19)28-25(29)20-10-6-3-7-11-20/h2-13,17-18,22H,14-16H2,1H3,(H,27,30)(H,28,29)/t18-,22-/m0/s1. The molecule has 1 heterocycles. The Labute approximate surface area is 187 Å². The summed E-state index contributed by atoms with van der Waals surface area (Å²) in [7, 11) is 0. The van der Waals surface area contributed by atoms with Crippen LogP contribution in [0.25, 0.3) is 0 Å². The molecule has 0 radical (unpaired) electrons. The first kappa shape index (κ1) is 21.4. The highest BCUT2D eigenvalue weighted by atomic mass is 16.6. The number of fused-ring (bicyclic) bond motifs is 1. The average molecular weight is 431 g/mol. The molecule has 6 nitrogen and oxygen atoms in total. The lowest BCUT2D eigenvalue weighted by molar-refractivity contribution is -0.123. The van der Waals surface area contributed by atoms with Crippen LogP contribution < -0.4 is 20.1 Å². The number of hydrogen-bond acceptors (Lipinski definition) is 4. The van der Waals surface area contributed by atoms with Crippen LogP contribution >= 0.6 is 0 Å². The number of rotatable bonds is 7. The second kappa shape index (κ2) is 10.0. The van der Waals surface area contributed by atoms with Gasteiger partial charge in [0.2, 0.25) is 5.91 Å². The normalized spacial score (nSPS) is 14.2. The van der Waals surface area contributed by atoms with Crippen LogP contribution in [0.2, 0.25) is 0 Å². The minimum atomic E-state index is -0.718. The fraction of sp³-hybridized carbons (Fsp3) is 0.231. The van der Waals surface area contributed by atoms with E-state index in [4.69, 9.17) is 9.47 Å². The first-order valence-electron chi connectivity index (χ1n) is 10.7. The molecule has 32 heavy (non-hydrogen) atoms. The molecule has 2 atom stereocenters. The molecule has 6 heteroatoms. The minimum Gasteiger partial charge on any atom is -0.486 e. The quantitative estimate of drug-likeness (QED) is 0.600. The average Bonchev–Trinajstić information content (AvgIpc) is 2.84. The summed E-state index contributed by atoms with van der Waals surface area (Å²) in [6, 6.07) is 23.2. The second-order valence-electron chi connectivity index (χ2n) is 7.72. The summed E-state index contributed by atoms with van der Waals surface area (Å²) in [5.74, 6) is 0.845. The monoisotopic (exact) mass is 430 g/mol. The molecule has 0 aliphatic carbocycles. The first-order valence-corrected chi connectivity index (χ1v) is 10.7. The number of carbonyl (C=O) groups excluding carboxylic acids is 2. The van der Waals surface area contributed by atoms with Crippen molar-refractivity contribution in [2.45, 2.75) is 25.4 Å². The number of nitrogens with one attached hydrogen (secondary N) is 2. The number of hydrogen-bond donors (Lipinski definition) is 2. The molecule has 4 rings (SSSR count). The van der Waals surface area contributed by atoms with Gasteiger partial charge in [-0.2, -0.15) is 0 Å². The topological polar surface area (TPSA) is 76.7 Å². The highest BCUT2D eigenvalue weighted by Crippen LogP contribution is 2.32. The fourth-order valence-electron chi connectivity index (χ4n) is 3.62. The van der Waals surface area contributed by atoms with Crippen molar-refractivity contribution in [1.29, 1.82) is 0 Å². The maximum Gasteiger partial charge on any atom is 0.251 e.